The number of carbonyl (C=O) groups excluding carboxylic acids is 2. The molecule has 4 aromatic rings. The van der Waals surface area contributed by atoms with Gasteiger partial charge in [0.1, 0.15) is 10.3 Å². The Hall–Kier alpha value is -3.84. The highest BCUT2D eigenvalue weighted by molar-refractivity contribution is 7.20. The summed E-state index contributed by atoms with van der Waals surface area (Å²) in [4.78, 5) is 48.0. The van der Waals surface area contributed by atoms with Crippen molar-refractivity contribution in [2.24, 2.45) is 5.73 Å². The van der Waals surface area contributed by atoms with Gasteiger partial charge < -0.3 is 15.8 Å². The molecule has 3 N–H and O–H groups in total. The van der Waals surface area contributed by atoms with Gasteiger partial charge in [0.15, 0.2) is 5.01 Å². The lowest BCUT2D eigenvalue weighted by Gasteiger charge is -2.29. The second kappa shape index (κ2) is 12.1. The number of urea groups is 1. The number of carbonyl (C=O) groups is 2. The molecule has 3 aromatic heterocycles. The van der Waals surface area contributed by atoms with E-state index in [1.165, 1.54) is 11.1 Å². The highest BCUT2D eigenvalue weighted by Crippen LogP contribution is 2.24. The van der Waals surface area contributed by atoms with Gasteiger partial charge in [-0.3, -0.25) is 19.6 Å². The fourth-order valence-corrected chi connectivity index (χ4v) is 4.98. The minimum Gasteiger partial charge on any atom is -0.379 e. The first-order chi connectivity index (χ1) is 18.6. The third-order valence-corrected chi connectivity index (χ3v) is 7.11. The summed E-state index contributed by atoms with van der Waals surface area (Å²) < 4.78 is 5.43. The number of rotatable bonds is 9. The second-order valence-electron chi connectivity index (χ2n) is 8.82. The molecule has 1 atom stereocenters. The third kappa shape index (κ3) is 6.34. The molecule has 0 aliphatic carbocycles. The van der Waals surface area contributed by atoms with Crippen LogP contribution in [0.4, 0.5) is 16.4 Å². The normalized spacial score (nSPS) is 14.8. The molecule has 0 saturated carbocycles. The quantitative estimate of drug-likeness (QED) is 0.311. The minimum atomic E-state index is -0.722. The summed E-state index contributed by atoms with van der Waals surface area (Å²) in [6, 6.07) is 12.0. The molecule has 1 saturated heterocycles. The van der Waals surface area contributed by atoms with E-state index in [2.05, 4.69) is 30.2 Å². The van der Waals surface area contributed by atoms with Gasteiger partial charge >= 0.3 is 6.03 Å². The molecular formula is C26H28N8O3S. The monoisotopic (exact) mass is 532 g/mol. The highest BCUT2D eigenvalue weighted by atomic mass is 32.1. The predicted octanol–water partition coefficient (Wildman–Crippen LogP) is 2.60. The Bertz CT molecular complexity index is 1380. The van der Waals surface area contributed by atoms with Crippen LogP contribution in [0.3, 0.4) is 0 Å². The van der Waals surface area contributed by atoms with Gasteiger partial charge in [-0.1, -0.05) is 41.7 Å². The lowest BCUT2D eigenvalue weighted by molar-refractivity contribution is 0.0393. The molecule has 1 aliphatic heterocycles. The van der Waals surface area contributed by atoms with E-state index >= 15 is 0 Å². The summed E-state index contributed by atoms with van der Waals surface area (Å²) in [5.41, 5.74) is 8.23. The molecule has 0 bridgehead atoms. The molecule has 196 valence electrons. The van der Waals surface area contributed by atoms with E-state index < -0.39 is 6.04 Å². The average molecular weight is 533 g/mol. The number of benzene rings is 1. The summed E-state index contributed by atoms with van der Waals surface area (Å²) in [7, 11) is 0. The zero-order valence-corrected chi connectivity index (χ0v) is 21.5. The maximum Gasteiger partial charge on any atom is 0.328 e. The smallest absolute Gasteiger partial charge is 0.328 e. The topological polar surface area (TPSA) is 139 Å². The molecule has 4 heterocycles. The molecule has 5 rings (SSSR count). The summed E-state index contributed by atoms with van der Waals surface area (Å²) >= 11 is 1.15. The number of amides is 2. The molecule has 11 nitrogen and oxygen atoms in total. The number of Topliss-reactive ketones (excluding diaryl/α,β-unsaturated/α-hetero) is 1. The first kappa shape index (κ1) is 25.8. The van der Waals surface area contributed by atoms with Crippen LogP contribution >= 0.6 is 11.3 Å². The summed E-state index contributed by atoms with van der Waals surface area (Å²) in [6.07, 6.45) is 5.16. The van der Waals surface area contributed by atoms with Crippen molar-refractivity contribution < 1.29 is 14.3 Å². The molecule has 0 radical (unpaired) electrons. The standard InChI is InChI=1S/C26H28N8O3S/c27-20(15-18-5-2-1-3-6-18)22(35)24-31-21-17-29-25(32-23(21)38-24)34(10-9-33-11-13-37-14-12-33)26(36)30-19-7-4-8-28-16-19/h1-8,16-17,20H,9-15,27H2,(H,30,36)/t20-/m0/s1. The van der Waals surface area contributed by atoms with Crippen molar-refractivity contribution in [1.82, 2.24) is 24.8 Å². The number of aromatic nitrogens is 4. The lowest BCUT2D eigenvalue weighted by Crippen LogP contribution is -2.45. The SMILES string of the molecule is N[C@@H](Cc1ccccc1)C(=O)c1nc2cnc(N(CCN3CCOCC3)C(=O)Nc3cccnc3)nc2s1. The van der Waals surface area contributed by atoms with Gasteiger partial charge in [0.2, 0.25) is 11.7 Å². The molecule has 1 fully saturated rings. The molecule has 12 heteroatoms. The first-order valence-corrected chi connectivity index (χ1v) is 13.1. The zero-order valence-electron chi connectivity index (χ0n) is 20.7. The number of hydrogen-bond acceptors (Lipinski definition) is 10. The van der Waals surface area contributed by atoms with Crippen LogP contribution < -0.4 is 16.0 Å². The fourth-order valence-electron chi connectivity index (χ4n) is 4.07. The van der Waals surface area contributed by atoms with Gasteiger partial charge in [-0.25, -0.2) is 14.8 Å². The van der Waals surface area contributed by atoms with E-state index in [1.807, 2.05) is 30.3 Å². The number of nitrogens with zero attached hydrogens (tertiary/aromatic N) is 6. The number of nitrogens with two attached hydrogens (primary N) is 1. The van der Waals surface area contributed by atoms with Crippen LogP contribution in [0.1, 0.15) is 15.4 Å². The van der Waals surface area contributed by atoms with Crippen LogP contribution in [0.15, 0.2) is 61.1 Å². The third-order valence-electron chi connectivity index (χ3n) is 6.13. The van der Waals surface area contributed by atoms with Crippen LogP contribution in [0.5, 0.6) is 0 Å². The lowest BCUT2D eigenvalue weighted by atomic mass is 10.0. The largest absolute Gasteiger partial charge is 0.379 e. The fraction of sp³-hybridized carbons (Fsp3) is 0.308. The van der Waals surface area contributed by atoms with E-state index in [9.17, 15) is 9.59 Å². The van der Waals surface area contributed by atoms with Crippen LogP contribution in [0.25, 0.3) is 10.3 Å². The Balaban J connectivity index is 1.35. The number of hydrogen-bond donors (Lipinski definition) is 2. The Morgan fingerprint density at radius 3 is 2.68 bits per heavy atom. The number of thiazole rings is 1. The summed E-state index contributed by atoms with van der Waals surface area (Å²) in [5.74, 6) is -0.0275. The predicted molar refractivity (Wildman–Crippen MR) is 146 cm³/mol. The number of ketones is 1. The maximum absolute atomic E-state index is 13.3. The van der Waals surface area contributed by atoms with Crippen LogP contribution in [0, 0.1) is 0 Å². The van der Waals surface area contributed by atoms with Gasteiger partial charge in [0, 0.05) is 32.4 Å². The van der Waals surface area contributed by atoms with Crippen molar-refractivity contribution in [3.8, 4) is 0 Å². The van der Waals surface area contributed by atoms with E-state index in [4.69, 9.17) is 10.5 Å². The van der Waals surface area contributed by atoms with Gasteiger partial charge in [0.05, 0.1) is 37.3 Å². The van der Waals surface area contributed by atoms with Gasteiger partial charge in [-0.15, -0.1) is 0 Å². The highest BCUT2D eigenvalue weighted by Gasteiger charge is 2.24. The first-order valence-electron chi connectivity index (χ1n) is 12.3. The summed E-state index contributed by atoms with van der Waals surface area (Å²) in [5, 5.41) is 3.13. The molecule has 0 unspecified atom stereocenters. The van der Waals surface area contributed by atoms with Gasteiger partial charge in [-0.05, 0) is 24.1 Å². The number of nitrogens with one attached hydrogen (secondary N) is 1. The van der Waals surface area contributed by atoms with Gasteiger partial charge in [-0.2, -0.15) is 4.98 Å². The number of ether oxygens (including phenoxy) is 1. The molecule has 38 heavy (non-hydrogen) atoms. The Labute approximate surface area is 223 Å². The van der Waals surface area contributed by atoms with Crippen LogP contribution in [0.2, 0.25) is 0 Å². The van der Waals surface area contributed by atoms with Crippen molar-refractivity contribution in [3.63, 3.8) is 0 Å². The second-order valence-corrected chi connectivity index (χ2v) is 9.79. The van der Waals surface area contributed by atoms with Crippen LogP contribution in [-0.2, 0) is 11.2 Å². The maximum atomic E-state index is 13.3. The van der Waals surface area contributed by atoms with E-state index in [-0.39, 0.29) is 22.8 Å². The van der Waals surface area contributed by atoms with E-state index in [0.717, 1.165) is 30.0 Å². The molecular weight excluding hydrogens is 504 g/mol. The minimum absolute atomic E-state index is 0.225. The van der Waals surface area contributed by atoms with Crippen molar-refractivity contribution in [3.05, 3.63) is 71.6 Å². The van der Waals surface area contributed by atoms with Crippen molar-refractivity contribution in [1.29, 1.82) is 0 Å². The van der Waals surface area contributed by atoms with Gasteiger partial charge in [0.25, 0.3) is 0 Å². The Kier molecular flexibility index (Phi) is 8.24. The van der Waals surface area contributed by atoms with Crippen molar-refractivity contribution >= 4 is 45.1 Å². The zero-order chi connectivity index (χ0) is 26.3. The Morgan fingerprint density at radius 1 is 1.11 bits per heavy atom. The number of morpholine rings is 1. The average Bonchev–Trinajstić information content (AvgIpc) is 3.38. The Morgan fingerprint density at radius 2 is 1.92 bits per heavy atom. The van der Waals surface area contributed by atoms with Crippen molar-refractivity contribution in [2.45, 2.75) is 12.5 Å². The number of fused-ring (bicyclic) bond motifs is 1. The van der Waals surface area contributed by atoms with E-state index in [0.29, 0.717) is 48.8 Å². The molecule has 0 spiro atoms. The van der Waals surface area contributed by atoms with Crippen LogP contribution in [-0.4, -0.2) is 82.1 Å². The van der Waals surface area contributed by atoms with E-state index in [1.54, 1.807) is 24.5 Å². The summed E-state index contributed by atoms with van der Waals surface area (Å²) in [6.45, 7) is 3.90. The number of anilines is 2. The van der Waals surface area contributed by atoms with Crippen molar-refractivity contribution in [2.75, 3.05) is 49.6 Å². The molecule has 1 aromatic carbocycles. The number of pyridine rings is 1. The molecule has 2 amide bonds. The molecule has 1 aliphatic rings.